The van der Waals surface area contributed by atoms with Gasteiger partial charge in [-0.15, -0.1) is 0 Å². The van der Waals surface area contributed by atoms with Gasteiger partial charge in [-0.3, -0.25) is 9.59 Å². The maximum Gasteiger partial charge on any atom is 0.311 e. The first kappa shape index (κ1) is 9.19. The summed E-state index contributed by atoms with van der Waals surface area (Å²) in [5, 5.41) is 9.34. The van der Waals surface area contributed by atoms with Crippen molar-refractivity contribution >= 4 is 11.8 Å². The number of Topliss-reactive ketones (excluding diaryl/α,β-unsaturated/α-hetero) is 1. The van der Waals surface area contributed by atoms with Crippen molar-refractivity contribution in [1.29, 1.82) is 0 Å². The van der Waals surface area contributed by atoms with Crippen LogP contribution in [0.15, 0.2) is 0 Å². The Kier molecular flexibility index (Phi) is 2.81. The van der Waals surface area contributed by atoms with Gasteiger partial charge in [0.05, 0.1) is 19.1 Å². The number of aliphatic hydroxyl groups excluding tert-OH is 1. The van der Waals surface area contributed by atoms with E-state index in [0.29, 0.717) is 12.8 Å². The average molecular weight is 172 g/mol. The summed E-state index contributed by atoms with van der Waals surface area (Å²) in [5.41, 5.74) is 0. The summed E-state index contributed by atoms with van der Waals surface area (Å²) in [4.78, 5) is 21.9. The minimum Gasteiger partial charge on any atom is -0.469 e. The van der Waals surface area contributed by atoms with Crippen LogP contribution in [0.4, 0.5) is 0 Å². The molecule has 0 saturated heterocycles. The lowest BCUT2D eigenvalue weighted by Gasteiger charge is -2.24. The quantitative estimate of drug-likeness (QED) is 0.560. The number of aliphatic hydroxyl groups is 1. The summed E-state index contributed by atoms with van der Waals surface area (Å²) in [6, 6.07) is 0. The highest BCUT2D eigenvalue weighted by molar-refractivity contribution is 5.86. The molecule has 0 heterocycles. The Labute approximate surface area is 70.5 Å². The minimum atomic E-state index is -0.713. The first-order chi connectivity index (χ1) is 5.65. The number of rotatable bonds is 1. The van der Waals surface area contributed by atoms with E-state index in [9.17, 15) is 14.7 Å². The molecule has 1 fully saturated rings. The zero-order chi connectivity index (χ0) is 9.14. The van der Waals surface area contributed by atoms with Gasteiger partial charge in [-0.1, -0.05) is 0 Å². The van der Waals surface area contributed by atoms with E-state index < -0.39 is 18.0 Å². The van der Waals surface area contributed by atoms with Crippen LogP contribution in [0, 0.1) is 5.92 Å². The maximum absolute atomic E-state index is 11.0. The van der Waals surface area contributed by atoms with Crippen LogP contribution in [0.25, 0.3) is 0 Å². The summed E-state index contributed by atoms with van der Waals surface area (Å²) >= 11 is 0. The monoisotopic (exact) mass is 172 g/mol. The Morgan fingerprint density at radius 3 is 2.92 bits per heavy atom. The largest absolute Gasteiger partial charge is 0.469 e. The number of ether oxygens (including phenoxy) is 1. The Balaban J connectivity index is 2.60. The summed E-state index contributed by atoms with van der Waals surface area (Å²) in [6.45, 7) is 0. The van der Waals surface area contributed by atoms with Crippen molar-refractivity contribution in [3.63, 3.8) is 0 Å². The Bertz CT molecular complexity index is 199. The molecule has 0 aliphatic heterocycles. The molecular weight excluding hydrogens is 160 g/mol. The fourth-order valence-corrected chi connectivity index (χ4v) is 1.39. The number of hydrogen-bond donors (Lipinski definition) is 1. The molecule has 1 saturated carbocycles. The summed E-state index contributed by atoms with van der Waals surface area (Å²) < 4.78 is 4.46. The van der Waals surface area contributed by atoms with Gasteiger partial charge in [-0.2, -0.15) is 0 Å². The molecule has 0 spiro atoms. The zero-order valence-corrected chi connectivity index (χ0v) is 6.95. The van der Waals surface area contributed by atoms with Gasteiger partial charge in [0.15, 0.2) is 0 Å². The Hall–Kier alpha value is -0.900. The third kappa shape index (κ3) is 1.82. The molecule has 2 unspecified atom stereocenters. The van der Waals surface area contributed by atoms with Crippen LogP contribution < -0.4 is 0 Å². The van der Waals surface area contributed by atoms with E-state index in [1.165, 1.54) is 7.11 Å². The first-order valence-electron chi connectivity index (χ1n) is 3.92. The molecule has 12 heavy (non-hydrogen) atoms. The molecule has 2 atom stereocenters. The van der Waals surface area contributed by atoms with Gasteiger partial charge < -0.3 is 9.84 Å². The van der Waals surface area contributed by atoms with E-state index in [4.69, 9.17) is 0 Å². The van der Waals surface area contributed by atoms with Crippen molar-refractivity contribution in [2.24, 2.45) is 5.92 Å². The molecule has 1 N–H and O–H groups in total. The second kappa shape index (κ2) is 3.67. The number of carbonyl (C=O) groups is 2. The molecule has 0 aromatic carbocycles. The third-order valence-electron chi connectivity index (χ3n) is 2.13. The van der Waals surface area contributed by atoms with Crippen LogP contribution in [-0.4, -0.2) is 30.1 Å². The van der Waals surface area contributed by atoms with Crippen LogP contribution in [0.2, 0.25) is 0 Å². The van der Waals surface area contributed by atoms with Crippen molar-refractivity contribution in [2.45, 2.75) is 25.4 Å². The number of ketones is 1. The predicted molar refractivity (Wildman–Crippen MR) is 40.4 cm³/mol. The van der Waals surface area contributed by atoms with Crippen molar-refractivity contribution in [3.8, 4) is 0 Å². The van der Waals surface area contributed by atoms with Gasteiger partial charge in [0.1, 0.15) is 5.78 Å². The van der Waals surface area contributed by atoms with Crippen LogP contribution in [-0.2, 0) is 14.3 Å². The fourth-order valence-electron chi connectivity index (χ4n) is 1.39. The van der Waals surface area contributed by atoms with Gasteiger partial charge in [0.2, 0.25) is 0 Å². The summed E-state index contributed by atoms with van der Waals surface area (Å²) in [5.74, 6) is -1.11. The first-order valence-corrected chi connectivity index (χ1v) is 3.92. The van der Waals surface area contributed by atoms with Gasteiger partial charge in [-0.05, 0) is 6.42 Å². The molecule has 0 radical (unpaired) electrons. The highest BCUT2D eigenvalue weighted by Gasteiger charge is 2.33. The van der Waals surface area contributed by atoms with E-state index in [1.807, 2.05) is 0 Å². The number of carbonyl (C=O) groups excluding carboxylic acids is 2. The lowest BCUT2D eigenvalue weighted by atomic mass is 9.86. The van der Waals surface area contributed by atoms with E-state index >= 15 is 0 Å². The van der Waals surface area contributed by atoms with E-state index in [2.05, 4.69) is 4.74 Å². The maximum atomic E-state index is 11.0. The van der Waals surface area contributed by atoms with Crippen LogP contribution >= 0.6 is 0 Å². The molecule has 1 rings (SSSR count). The second-order valence-electron chi connectivity index (χ2n) is 2.98. The molecule has 4 heteroatoms. The molecule has 4 nitrogen and oxygen atoms in total. The van der Waals surface area contributed by atoms with E-state index in [-0.39, 0.29) is 12.2 Å². The molecule has 68 valence electrons. The van der Waals surface area contributed by atoms with Crippen LogP contribution in [0.1, 0.15) is 19.3 Å². The summed E-state index contributed by atoms with van der Waals surface area (Å²) in [6.07, 6.45) is 0.149. The standard InChI is InChI=1S/C8H12O4/c1-12-8(11)6-4-5(9)2-3-7(6)10/h6-7,10H,2-4H2,1H3. The minimum absolute atomic E-state index is 0.0238. The lowest BCUT2D eigenvalue weighted by molar-refractivity contribution is -0.153. The normalized spacial score (nSPS) is 30.0. The molecule has 1 aliphatic rings. The second-order valence-corrected chi connectivity index (χ2v) is 2.98. The van der Waals surface area contributed by atoms with Gasteiger partial charge in [-0.25, -0.2) is 0 Å². The van der Waals surface area contributed by atoms with Gasteiger partial charge in [0.25, 0.3) is 0 Å². The van der Waals surface area contributed by atoms with Gasteiger partial charge in [0, 0.05) is 12.8 Å². The van der Waals surface area contributed by atoms with Gasteiger partial charge >= 0.3 is 5.97 Å². The molecular formula is C8H12O4. The summed E-state index contributed by atoms with van der Waals surface area (Å²) in [7, 11) is 1.26. The molecule has 0 bridgehead atoms. The number of esters is 1. The Morgan fingerprint density at radius 2 is 2.33 bits per heavy atom. The van der Waals surface area contributed by atoms with Crippen molar-refractivity contribution in [2.75, 3.05) is 7.11 Å². The lowest BCUT2D eigenvalue weighted by Crippen LogP contribution is -2.35. The number of hydrogen-bond acceptors (Lipinski definition) is 4. The SMILES string of the molecule is COC(=O)C1CC(=O)CCC1O. The van der Waals surface area contributed by atoms with Crippen molar-refractivity contribution in [3.05, 3.63) is 0 Å². The zero-order valence-electron chi connectivity index (χ0n) is 6.95. The van der Waals surface area contributed by atoms with E-state index in [0.717, 1.165) is 0 Å². The Morgan fingerprint density at radius 1 is 1.67 bits per heavy atom. The molecule has 0 aromatic rings. The molecule has 1 aliphatic carbocycles. The van der Waals surface area contributed by atoms with E-state index in [1.54, 1.807) is 0 Å². The van der Waals surface area contributed by atoms with Crippen LogP contribution in [0.5, 0.6) is 0 Å². The highest BCUT2D eigenvalue weighted by Crippen LogP contribution is 2.22. The highest BCUT2D eigenvalue weighted by atomic mass is 16.5. The van der Waals surface area contributed by atoms with Crippen molar-refractivity contribution in [1.82, 2.24) is 0 Å². The average Bonchev–Trinajstić information content (AvgIpc) is 2.08. The third-order valence-corrected chi connectivity index (χ3v) is 2.13. The number of methoxy groups -OCH3 is 1. The molecule has 0 aromatic heterocycles. The molecule has 0 amide bonds. The predicted octanol–water partition coefficient (Wildman–Crippen LogP) is -0.111. The topological polar surface area (TPSA) is 63.6 Å². The smallest absolute Gasteiger partial charge is 0.311 e. The van der Waals surface area contributed by atoms with Crippen LogP contribution in [0.3, 0.4) is 0 Å². The fraction of sp³-hybridized carbons (Fsp3) is 0.750. The van der Waals surface area contributed by atoms with Crippen molar-refractivity contribution < 1.29 is 19.4 Å².